The maximum Gasteiger partial charge on any atom is 0.262 e. The van der Waals surface area contributed by atoms with E-state index < -0.39 is 17.7 Å². The van der Waals surface area contributed by atoms with E-state index >= 15 is 0 Å². The van der Waals surface area contributed by atoms with E-state index in [0.717, 1.165) is 19.6 Å². The highest BCUT2D eigenvalue weighted by Gasteiger charge is 2.36. The number of fused-ring (bicyclic) bond motifs is 2. The first-order valence-electron chi connectivity index (χ1n) is 7.35. The molecule has 1 aliphatic rings. The molecule has 25 heavy (non-hydrogen) atoms. The van der Waals surface area contributed by atoms with Crippen molar-refractivity contribution in [3.8, 4) is 0 Å². The molecule has 0 unspecified atom stereocenters. The van der Waals surface area contributed by atoms with Gasteiger partial charge in [-0.15, -0.1) is 0 Å². The number of nitrogens with one attached hydrogen (secondary N) is 1. The molecule has 1 aliphatic heterocycles. The van der Waals surface area contributed by atoms with Crippen LogP contribution in [0.1, 0.15) is 20.7 Å². The number of benzene rings is 2. The minimum absolute atomic E-state index is 0.323. The molecular formula is C17H10BrN3O3S. The number of para-hydroxylation sites is 1. The van der Waals surface area contributed by atoms with Crippen LogP contribution >= 0.6 is 27.3 Å². The lowest BCUT2D eigenvalue weighted by Crippen LogP contribution is -2.37. The number of imide groups is 1. The summed E-state index contributed by atoms with van der Waals surface area (Å²) in [7, 11) is 0. The summed E-state index contributed by atoms with van der Waals surface area (Å²) >= 11 is 4.74. The molecule has 1 N–H and O–H groups in total. The molecule has 3 amide bonds. The smallest absolute Gasteiger partial charge is 0.262 e. The van der Waals surface area contributed by atoms with Crippen molar-refractivity contribution in [2.75, 3.05) is 11.9 Å². The molecular weight excluding hydrogens is 406 g/mol. The van der Waals surface area contributed by atoms with Crippen LogP contribution in [-0.4, -0.2) is 34.2 Å². The lowest BCUT2D eigenvalue weighted by atomic mass is 10.1. The monoisotopic (exact) mass is 415 g/mol. The van der Waals surface area contributed by atoms with Gasteiger partial charge in [-0.1, -0.05) is 29.5 Å². The quantitative estimate of drug-likeness (QED) is 0.665. The van der Waals surface area contributed by atoms with Crippen LogP contribution in [0.2, 0.25) is 0 Å². The lowest BCUT2D eigenvalue weighted by molar-refractivity contribution is -0.116. The zero-order valence-electron chi connectivity index (χ0n) is 12.7. The largest absolute Gasteiger partial charge is 0.300 e. The molecule has 0 bridgehead atoms. The predicted molar refractivity (Wildman–Crippen MR) is 97.8 cm³/mol. The molecule has 124 valence electrons. The Morgan fingerprint density at radius 2 is 1.76 bits per heavy atom. The highest BCUT2D eigenvalue weighted by atomic mass is 79.9. The Bertz CT molecular complexity index is 1010. The third-order valence-corrected chi connectivity index (χ3v) is 5.37. The number of anilines is 1. The Balaban J connectivity index is 1.52. The molecule has 0 spiro atoms. The topological polar surface area (TPSA) is 79.4 Å². The highest BCUT2D eigenvalue weighted by Crippen LogP contribution is 2.31. The van der Waals surface area contributed by atoms with Crippen molar-refractivity contribution in [1.82, 2.24) is 9.88 Å². The van der Waals surface area contributed by atoms with Crippen molar-refractivity contribution >= 4 is 60.3 Å². The number of hydrogen-bond acceptors (Lipinski definition) is 5. The molecule has 0 fully saturated rings. The van der Waals surface area contributed by atoms with E-state index in [1.807, 2.05) is 18.2 Å². The fraction of sp³-hybridized carbons (Fsp3) is 0.0588. The SMILES string of the molecule is O=C(CN1C(=O)c2ccccc2C1=O)Nc1nc2c(Br)cccc2s1. The van der Waals surface area contributed by atoms with Crippen molar-refractivity contribution in [1.29, 1.82) is 0 Å². The molecule has 0 aliphatic carbocycles. The van der Waals surface area contributed by atoms with Crippen LogP contribution < -0.4 is 5.32 Å². The Morgan fingerprint density at radius 3 is 2.40 bits per heavy atom. The summed E-state index contributed by atoms with van der Waals surface area (Å²) in [6, 6.07) is 12.2. The minimum atomic E-state index is -0.468. The van der Waals surface area contributed by atoms with Crippen LogP contribution in [0, 0.1) is 0 Å². The standard InChI is InChI=1S/C17H10BrN3O3S/c18-11-6-3-7-12-14(11)20-17(25-12)19-13(22)8-21-15(23)9-4-1-2-5-10(9)16(21)24/h1-7H,8H2,(H,19,20,22). The fourth-order valence-electron chi connectivity index (χ4n) is 2.65. The van der Waals surface area contributed by atoms with Gasteiger partial charge < -0.3 is 5.32 Å². The summed E-state index contributed by atoms with van der Waals surface area (Å²) in [4.78, 5) is 42.1. The number of amides is 3. The average molecular weight is 416 g/mol. The summed E-state index contributed by atoms with van der Waals surface area (Å²) in [6.07, 6.45) is 0. The maximum absolute atomic E-state index is 12.3. The van der Waals surface area contributed by atoms with Gasteiger partial charge in [-0.25, -0.2) is 4.98 Å². The number of carbonyl (C=O) groups excluding carboxylic acids is 3. The summed E-state index contributed by atoms with van der Waals surface area (Å²) in [5.74, 6) is -1.38. The summed E-state index contributed by atoms with van der Waals surface area (Å²) in [5, 5.41) is 3.07. The van der Waals surface area contributed by atoms with Crippen LogP contribution in [-0.2, 0) is 4.79 Å². The van der Waals surface area contributed by atoms with Gasteiger partial charge in [0.05, 0.1) is 21.3 Å². The summed E-state index contributed by atoms with van der Waals surface area (Å²) < 4.78 is 1.76. The summed E-state index contributed by atoms with van der Waals surface area (Å²) in [5.41, 5.74) is 1.40. The number of hydrogen-bond donors (Lipinski definition) is 1. The van der Waals surface area contributed by atoms with Crippen molar-refractivity contribution < 1.29 is 14.4 Å². The van der Waals surface area contributed by atoms with Crippen LogP contribution in [0.4, 0.5) is 5.13 Å². The first-order chi connectivity index (χ1) is 12.0. The number of halogens is 1. The number of thiazole rings is 1. The third-order valence-electron chi connectivity index (χ3n) is 3.80. The Hall–Kier alpha value is -2.58. The molecule has 0 saturated carbocycles. The van der Waals surface area contributed by atoms with E-state index in [4.69, 9.17) is 0 Å². The normalized spacial score (nSPS) is 13.4. The Labute approximate surface area is 154 Å². The molecule has 3 aromatic rings. The maximum atomic E-state index is 12.3. The van der Waals surface area contributed by atoms with Gasteiger partial charge in [0.15, 0.2) is 5.13 Å². The number of aromatic nitrogens is 1. The van der Waals surface area contributed by atoms with Gasteiger partial charge in [0.25, 0.3) is 11.8 Å². The second-order valence-electron chi connectivity index (χ2n) is 5.40. The van der Waals surface area contributed by atoms with E-state index in [2.05, 4.69) is 26.2 Å². The van der Waals surface area contributed by atoms with Gasteiger partial charge in [0, 0.05) is 4.47 Å². The van der Waals surface area contributed by atoms with Crippen LogP contribution in [0.3, 0.4) is 0 Å². The lowest BCUT2D eigenvalue weighted by Gasteiger charge is -2.12. The number of carbonyl (C=O) groups is 3. The van der Waals surface area contributed by atoms with Gasteiger partial charge >= 0.3 is 0 Å². The molecule has 0 radical (unpaired) electrons. The zero-order chi connectivity index (χ0) is 17.6. The van der Waals surface area contributed by atoms with E-state index in [1.54, 1.807) is 24.3 Å². The van der Waals surface area contributed by atoms with Crippen LogP contribution in [0.5, 0.6) is 0 Å². The van der Waals surface area contributed by atoms with Crippen molar-refractivity contribution in [3.05, 3.63) is 58.1 Å². The fourth-order valence-corrected chi connectivity index (χ4v) is 4.15. The van der Waals surface area contributed by atoms with E-state index in [9.17, 15) is 14.4 Å². The molecule has 0 atom stereocenters. The molecule has 2 heterocycles. The number of rotatable bonds is 3. The van der Waals surface area contributed by atoms with Crippen molar-refractivity contribution in [3.63, 3.8) is 0 Å². The molecule has 0 saturated heterocycles. The Morgan fingerprint density at radius 1 is 1.08 bits per heavy atom. The van der Waals surface area contributed by atoms with Crippen molar-refractivity contribution in [2.45, 2.75) is 0 Å². The van der Waals surface area contributed by atoms with Gasteiger partial charge in [-0.05, 0) is 40.2 Å². The Kier molecular flexibility index (Phi) is 3.85. The van der Waals surface area contributed by atoms with Crippen LogP contribution in [0.15, 0.2) is 46.9 Å². The van der Waals surface area contributed by atoms with Gasteiger partial charge in [-0.2, -0.15) is 0 Å². The second-order valence-corrected chi connectivity index (χ2v) is 7.28. The molecule has 8 heteroatoms. The molecule has 4 rings (SSSR count). The van der Waals surface area contributed by atoms with Gasteiger partial charge in [0.2, 0.25) is 5.91 Å². The predicted octanol–water partition coefficient (Wildman–Crippen LogP) is 3.29. The first-order valence-corrected chi connectivity index (χ1v) is 8.95. The molecule has 2 aromatic carbocycles. The number of nitrogens with zero attached hydrogens (tertiary/aromatic N) is 2. The van der Waals surface area contributed by atoms with E-state index in [-0.39, 0.29) is 6.54 Å². The van der Waals surface area contributed by atoms with E-state index in [0.29, 0.717) is 16.3 Å². The third kappa shape index (κ3) is 2.73. The zero-order valence-corrected chi connectivity index (χ0v) is 15.1. The second kappa shape index (κ2) is 6.05. The average Bonchev–Trinajstić information content (AvgIpc) is 3.11. The first kappa shape index (κ1) is 15.9. The van der Waals surface area contributed by atoms with E-state index in [1.165, 1.54) is 11.3 Å². The van der Waals surface area contributed by atoms with Crippen LogP contribution in [0.25, 0.3) is 10.2 Å². The highest BCUT2D eigenvalue weighted by molar-refractivity contribution is 9.10. The molecule has 6 nitrogen and oxygen atoms in total. The van der Waals surface area contributed by atoms with Gasteiger partial charge in [0.1, 0.15) is 6.54 Å². The van der Waals surface area contributed by atoms with Gasteiger partial charge in [-0.3, -0.25) is 19.3 Å². The minimum Gasteiger partial charge on any atom is -0.300 e. The molecule has 1 aromatic heterocycles. The summed E-state index contributed by atoms with van der Waals surface area (Å²) in [6.45, 7) is -0.344. The van der Waals surface area contributed by atoms with Crippen molar-refractivity contribution in [2.24, 2.45) is 0 Å².